The molecule has 1 aromatic heterocycles. The molecular formula is C70H85BN2S. The van der Waals surface area contributed by atoms with E-state index in [2.05, 4.69) is 207 Å². The van der Waals surface area contributed by atoms with Crippen LogP contribution in [0.3, 0.4) is 0 Å². The van der Waals surface area contributed by atoms with E-state index < -0.39 is 0 Å². The third-order valence-electron chi connectivity index (χ3n) is 18.7. The van der Waals surface area contributed by atoms with E-state index in [1.165, 1.54) is 180 Å². The molecule has 7 aromatic rings. The highest BCUT2D eigenvalue weighted by atomic mass is 32.1. The van der Waals surface area contributed by atoms with Crippen molar-refractivity contribution in [2.75, 3.05) is 9.80 Å². The fourth-order valence-electron chi connectivity index (χ4n) is 13.8. The van der Waals surface area contributed by atoms with Gasteiger partial charge in [-0.2, -0.15) is 0 Å². The van der Waals surface area contributed by atoms with Crippen molar-refractivity contribution in [2.45, 2.75) is 207 Å². The fraction of sp³-hybridized carbons (Fsp3) is 0.457. The van der Waals surface area contributed by atoms with E-state index in [9.17, 15) is 0 Å². The van der Waals surface area contributed by atoms with Crippen LogP contribution in [0.5, 0.6) is 0 Å². The zero-order valence-electron chi connectivity index (χ0n) is 47.5. The number of rotatable bonds is 15. The number of benzene rings is 6. The van der Waals surface area contributed by atoms with Crippen LogP contribution in [0.4, 0.5) is 34.1 Å². The van der Waals surface area contributed by atoms with Gasteiger partial charge in [-0.1, -0.05) is 157 Å². The molecule has 3 heterocycles. The number of aryl methyl sites for hydroxylation is 4. The molecule has 11 rings (SSSR count). The molecule has 0 saturated carbocycles. The van der Waals surface area contributed by atoms with Crippen LogP contribution < -0.4 is 25.5 Å². The molecule has 0 radical (unpaired) electrons. The minimum atomic E-state index is 0.0838. The van der Waals surface area contributed by atoms with E-state index in [1.807, 2.05) is 0 Å². The average molecular weight is 997 g/mol. The third kappa shape index (κ3) is 8.79. The van der Waals surface area contributed by atoms with Gasteiger partial charge in [-0.05, 0) is 214 Å². The molecule has 0 unspecified atom stereocenters. The van der Waals surface area contributed by atoms with Crippen molar-refractivity contribution in [1.82, 2.24) is 0 Å². The first kappa shape index (κ1) is 51.1. The highest BCUT2D eigenvalue weighted by molar-refractivity contribution is 7.33. The summed E-state index contributed by atoms with van der Waals surface area (Å²) in [6.07, 6.45) is 18.7. The maximum atomic E-state index is 2.78. The van der Waals surface area contributed by atoms with E-state index in [0.29, 0.717) is 0 Å². The largest absolute Gasteiger partial charge is 0.311 e. The minimum absolute atomic E-state index is 0.0838. The molecule has 6 aromatic carbocycles. The van der Waals surface area contributed by atoms with Crippen molar-refractivity contribution in [1.29, 1.82) is 0 Å². The predicted molar refractivity (Wildman–Crippen MR) is 326 cm³/mol. The lowest BCUT2D eigenvalue weighted by atomic mass is 9.36. The molecule has 0 amide bonds. The lowest BCUT2D eigenvalue weighted by Crippen LogP contribution is -2.60. The first-order valence-corrected chi connectivity index (χ1v) is 30.2. The standard InChI is InChI=1S/C70H85BN2S/c1-13-17-21-46-25-32-59(52(39-46)50-28-30-54-56(44-50)69(9,10)37-35-67(54,5)6)73-60-33-26-48(23-19-15-3)41-58(60)71-64-61(42-49(24-20-16-4)43-62(64)73)72(51-29-31-55-57(45-51)70(11,12)38-36-68(55,7)8)65-53-40-47(22-18-14-2)27-34-63(53)74-66(65)71/h25-34,39-45H,13-24,35-38H2,1-12H3. The first-order valence-electron chi connectivity index (χ1n) is 29.4. The van der Waals surface area contributed by atoms with Crippen molar-refractivity contribution in [3.63, 3.8) is 0 Å². The van der Waals surface area contributed by atoms with Gasteiger partial charge in [0.25, 0.3) is 6.71 Å². The molecule has 0 bridgehead atoms. The monoisotopic (exact) mass is 997 g/mol. The van der Waals surface area contributed by atoms with Gasteiger partial charge < -0.3 is 9.80 Å². The summed E-state index contributed by atoms with van der Waals surface area (Å²) in [5.74, 6) is 0. The molecule has 0 fully saturated rings. The Labute approximate surface area is 451 Å². The summed E-state index contributed by atoms with van der Waals surface area (Å²) >= 11 is 2.06. The highest BCUT2D eigenvalue weighted by Gasteiger charge is 2.47. The molecule has 0 saturated heterocycles. The number of fused-ring (bicyclic) bond motifs is 8. The second-order valence-electron chi connectivity index (χ2n) is 26.0. The molecule has 2 aliphatic carbocycles. The number of nitrogens with zero attached hydrogens (tertiary/aromatic N) is 2. The molecule has 0 atom stereocenters. The van der Waals surface area contributed by atoms with E-state index in [1.54, 1.807) is 0 Å². The summed E-state index contributed by atoms with van der Waals surface area (Å²) in [4.78, 5) is 5.54. The number of hydrogen-bond donors (Lipinski definition) is 0. The fourth-order valence-corrected chi connectivity index (χ4v) is 15.1. The molecule has 384 valence electrons. The van der Waals surface area contributed by atoms with Gasteiger partial charge in [0.15, 0.2) is 0 Å². The highest BCUT2D eigenvalue weighted by Crippen LogP contribution is 2.54. The maximum Gasteiger partial charge on any atom is 0.264 e. The van der Waals surface area contributed by atoms with Crippen LogP contribution in [0.1, 0.15) is 205 Å². The maximum absolute atomic E-state index is 2.78. The summed E-state index contributed by atoms with van der Waals surface area (Å²) < 4.78 is 2.89. The average Bonchev–Trinajstić information content (AvgIpc) is 3.78. The van der Waals surface area contributed by atoms with Gasteiger partial charge in [0.1, 0.15) is 0 Å². The van der Waals surface area contributed by atoms with E-state index >= 15 is 0 Å². The van der Waals surface area contributed by atoms with Gasteiger partial charge in [0.05, 0.1) is 11.4 Å². The summed E-state index contributed by atoms with van der Waals surface area (Å²) in [6.45, 7) is 29.3. The van der Waals surface area contributed by atoms with Gasteiger partial charge in [0.2, 0.25) is 0 Å². The second kappa shape index (κ2) is 19.5. The summed E-state index contributed by atoms with van der Waals surface area (Å²) in [7, 11) is 0. The van der Waals surface area contributed by atoms with Crippen molar-refractivity contribution >= 4 is 78.0 Å². The predicted octanol–water partition coefficient (Wildman–Crippen LogP) is 18.7. The van der Waals surface area contributed by atoms with Crippen LogP contribution >= 0.6 is 11.3 Å². The van der Waals surface area contributed by atoms with E-state index in [0.717, 1.165) is 38.5 Å². The summed E-state index contributed by atoms with van der Waals surface area (Å²) in [5.41, 5.74) is 26.0. The lowest BCUT2D eigenvalue weighted by molar-refractivity contribution is 0.332. The van der Waals surface area contributed by atoms with Crippen LogP contribution in [0.25, 0.3) is 21.2 Å². The van der Waals surface area contributed by atoms with E-state index in [-0.39, 0.29) is 28.4 Å². The Morgan fingerprint density at radius 1 is 0.446 bits per heavy atom. The Kier molecular flexibility index (Phi) is 13.5. The van der Waals surface area contributed by atoms with Gasteiger partial charge in [-0.25, -0.2) is 0 Å². The van der Waals surface area contributed by atoms with Crippen molar-refractivity contribution < 1.29 is 0 Å². The normalized spacial score (nSPS) is 17.4. The first-order chi connectivity index (χ1) is 35.5. The lowest BCUT2D eigenvalue weighted by Gasteiger charge is -2.45. The molecule has 0 N–H and O–H groups in total. The van der Waals surface area contributed by atoms with Crippen LogP contribution in [0.2, 0.25) is 0 Å². The van der Waals surface area contributed by atoms with Crippen molar-refractivity contribution in [3.05, 3.63) is 148 Å². The van der Waals surface area contributed by atoms with Crippen LogP contribution in [0.15, 0.2) is 103 Å². The molecule has 2 nitrogen and oxygen atoms in total. The van der Waals surface area contributed by atoms with Crippen LogP contribution in [0, 0.1) is 0 Å². The minimum Gasteiger partial charge on any atom is -0.311 e. The topological polar surface area (TPSA) is 6.48 Å². The van der Waals surface area contributed by atoms with Crippen LogP contribution in [-0.2, 0) is 47.3 Å². The smallest absolute Gasteiger partial charge is 0.264 e. The molecule has 74 heavy (non-hydrogen) atoms. The second-order valence-corrected chi connectivity index (χ2v) is 27.1. The van der Waals surface area contributed by atoms with Crippen molar-refractivity contribution in [2.24, 2.45) is 0 Å². The Hall–Kier alpha value is -5.06. The SMILES string of the molecule is CCCCc1ccc2c(c1)B1c3sc4ccc(CCCC)cc4c3N(c3ccc4c(c3)C(C)(C)CCC4(C)C)c3cc(CCCC)cc(c31)N2c1ccc(CCCC)cc1-c1ccc2c(c1)C(C)(C)CCC2(C)C. The number of hydrogen-bond acceptors (Lipinski definition) is 3. The Balaban J connectivity index is 1.23. The molecule has 4 heteroatoms. The Morgan fingerprint density at radius 3 is 1.55 bits per heavy atom. The van der Waals surface area contributed by atoms with Crippen molar-refractivity contribution in [3.8, 4) is 11.1 Å². The molecular weight excluding hydrogens is 912 g/mol. The Morgan fingerprint density at radius 2 is 0.946 bits per heavy atom. The Bertz CT molecular complexity index is 3270. The third-order valence-corrected chi connectivity index (χ3v) is 19.9. The van der Waals surface area contributed by atoms with Gasteiger partial charge in [-0.15, -0.1) is 11.3 Å². The van der Waals surface area contributed by atoms with E-state index in [4.69, 9.17) is 0 Å². The van der Waals surface area contributed by atoms with Gasteiger partial charge in [-0.3, -0.25) is 0 Å². The summed E-state index contributed by atoms with van der Waals surface area (Å²) in [5, 5.41) is 1.41. The van der Waals surface area contributed by atoms with Crippen LogP contribution in [-0.4, -0.2) is 6.71 Å². The molecule has 4 aliphatic rings. The van der Waals surface area contributed by atoms with Gasteiger partial charge in [0, 0.05) is 43.2 Å². The molecule has 0 spiro atoms. The number of thiophene rings is 1. The zero-order valence-corrected chi connectivity index (χ0v) is 48.3. The number of unbranched alkanes of at least 4 members (excludes halogenated alkanes) is 4. The summed E-state index contributed by atoms with van der Waals surface area (Å²) in [6, 6.07) is 43.3. The molecule has 2 aliphatic heterocycles. The quantitative estimate of drug-likeness (QED) is 0.0945. The number of anilines is 6. The van der Waals surface area contributed by atoms with Gasteiger partial charge >= 0.3 is 0 Å². The zero-order chi connectivity index (χ0) is 51.9.